The maximum Gasteiger partial charge on any atom is 0.136 e. The van der Waals surface area contributed by atoms with Crippen LogP contribution in [0, 0.1) is 0 Å². The lowest BCUT2D eigenvalue weighted by atomic mass is 10.1. The molecule has 0 aliphatic carbocycles. The number of para-hydroxylation sites is 2. The largest absolute Gasteiger partial charge is 0.456 e. The lowest BCUT2D eigenvalue weighted by Crippen LogP contribution is -2.49. The molecule has 8 aromatic carbocycles. The molecule has 4 heteroatoms. The van der Waals surface area contributed by atoms with Crippen LogP contribution in [0.2, 0.25) is 13.1 Å². The Labute approximate surface area is 304 Å². The van der Waals surface area contributed by atoms with Crippen LogP contribution in [-0.2, 0) is 0 Å². The van der Waals surface area contributed by atoms with Crippen LogP contribution in [0.3, 0.4) is 0 Å². The molecule has 9 aromatic rings. The minimum atomic E-state index is -2.09. The van der Waals surface area contributed by atoms with Gasteiger partial charge in [0.15, 0.2) is 0 Å². The predicted molar refractivity (Wildman–Crippen MR) is 223 cm³/mol. The highest BCUT2D eigenvalue weighted by Crippen LogP contribution is 2.44. The Bertz CT molecular complexity index is 2780. The number of hydrogen-bond acceptors (Lipinski definition) is 3. The third-order valence-electron chi connectivity index (χ3n) is 10.8. The van der Waals surface area contributed by atoms with E-state index in [9.17, 15) is 0 Å². The molecule has 0 spiro atoms. The first-order valence-electron chi connectivity index (χ1n) is 17.9. The smallest absolute Gasteiger partial charge is 0.136 e. The van der Waals surface area contributed by atoms with Gasteiger partial charge in [0.2, 0.25) is 0 Å². The fourth-order valence-electron chi connectivity index (χ4n) is 8.39. The first kappa shape index (κ1) is 30.5. The summed E-state index contributed by atoms with van der Waals surface area (Å²) in [5, 5.41) is 8.88. The molecule has 0 bridgehead atoms. The van der Waals surface area contributed by atoms with Gasteiger partial charge in [-0.3, -0.25) is 0 Å². The van der Waals surface area contributed by atoms with Gasteiger partial charge in [0.05, 0.1) is 11.4 Å². The van der Waals surface area contributed by atoms with E-state index in [1.54, 1.807) is 0 Å². The average molecular weight is 685 g/mol. The first-order valence-corrected chi connectivity index (χ1v) is 20.9. The van der Waals surface area contributed by atoms with Crippen LogP contribution in [0.1, 0.15) is 0 Å². The average Bonchev–Trinajstić information content (AvgIpc) is 3.68. The van der Waals surface area contributed by atoms with Gasteiger partial charge < -0.3 is 14.2 Å². The SMILES string of the molecule is C[Si]1(C)c2ccc(N(c3ccccc3)c3cccc4ccccc34)cc2-c2oc3cc(N(c4ccccc4)c4cccc5ccccc45)ccc3c21. The fraction of sp³-hybridized carbons (Fsp3) is 0.0417. The molecule has 248 valence electrons. The molecule has 3 nitrogen and oxygen atoms in total. The number of hydrogen-bond donors (Lipinski definition) is 0. The Balaban J connectivity index is 1.14. The van der Waals surface area contributed by atoms with Crippen LogP contribution >= 0.6 is 0 Å². The summed E-state index contributed by atoms with van der Waals surface area (Å²) in [6, 6.07) is 65.5. The van der Waals surface area contributed by atoms with Gasteiger partial charge in [-0.05, 0) is 81.8 Å². The highest BCUT2D eigenvalue weighted by Gasteiger charge is 2.42. The monoisotopic (exact) mass is 684 g/mol. The Morgan fingerprint density at radius 3 is 1.52 bits per heavy atom. The van der Waals surface area contributed by atoms with Crippen molar-refractivity contribution in [2.45, 2.75) is 13.1 Å². The number of furan rings is 1. The van der Waals surface area contributed by atoms with E-state index >= 15 is 0 Å². The molecule has 0 atom stereocenters. The minimum Gasteiger partial charge on any atom is -0.456 e. The summed E-state index contributed by atoms with van der Waals surface area (Å²) in [6.07, 6.45) is 0. The Morgan fingerprint density at radius 2 is 0.923 bits per heavy atom. The van der Waals surface area contributed by atoms with Gasteiger partial charge >= 0.3 is 0 Å². The van der Waals surface area contributed by atoms with Gasteiger partial charge in [-0.15, -0.1) is 0 Å². The summed E-state index contributed by atoms with van der Waals surface area (Å²) in [5.41, 5.74) is 8.85. The standard InChI is InChI=1S/C48H36N2OSi/c1-52(2)46-30-28-37(49(35-19-5-3-6-20-35)43-25-13-17-33-15-9-11-23-39(33)43)31-42(46)47-48(52)41-29-27-38(32-45(41)51-47)50(36-21-7-4-8-22-36)44-26-14-18-34-16-10-12-24-40(34)44/h3-32H,1-2H3. The molecule has 52 heavy (non-hydrogen) atoms. The molecule has 0 radical (unpaired) electrons. The van der Waals surface area contributed by atoms with Crippen molar-refractivity contribution in [3.8, 4) is 11.3 Å². The summed E-state index contributed by atoms with van der Waals surface area (Å²) in [7, 11) is -2.09. The van der Waals surface area contributed by atoms with Gasteiger partial charge in [0.1, 0.15) is 19.4 Å². The van der Waals surface area contributed by atoms with Crippen LogP contribution in [0.15, 0.2) is 186 Å². The number of fused-ring (bicyclic) bond motifs is 7. The molecule has 0 unspecified atom stereocenters. The van der Waals surface area contributed by atoms with E-state index in [1.807, 2.05) is 0 Å². The van der Waals surface area contributed by atoms with Gasteiger partial charge in [-0.2, -0.15) is 0 Å². The van der Waals surface area contributed by atoms with Crippen LogP contribution in [-0.4, -0.2) is 8.07 Å². The molecule has 0 fully saturated rings. The lowest BCUT2D eigenvalue weighted by Gasteiger charge is -2.28. The van der Waals surface area contributed by atoms with Crippen LogP contribution in [0.5, 0.6) is 0 Å². The van der Waals surface area contributed by atoms with Crippen LogP contribution in [0.25, 0.3) is 43.8 Å². The zero-order valence-electron chi connectivity index (χ0n) is 29.1. The topological polar surface area (TPSA) is 19.6 Å². The molecule has 0 saturated carbocycles. The molecule has 0 saturated heterocycles. The number of benzene rings is 8. The van der Waals surface area contributed by atoms with E-state index in [0.717, 1.165) is 45.5 Å². The summed E-state index contributed by atoms with van der Waals surface area (Å²) < 4.78 is 7.03. The maximum atomic E-state index is 7.03. The third-order valence-corrected chi connectivity index (χ3v) is 14.3. The summed E-state index contributed by atoms with van der Waals surface area (Å²) >= 11 is 0. The van der Waals surface area contributed by atoms with Gasteiger partial charge in [-0.25, -0.2) is 0 Å². The van der Waals surface area contributed by atoms with E-state index in [4.69, 9.17) is 4.42 Å². The van der Waals surface area contributed by atoms with Gasteiger partial charge in [0, 0.05) is 50.5 Å². The summed E-state index contributed by atoms with van der Waals surface area (Å²) in [6.45, 7) is 4.93. The fourth-order valence-corrected chi connectivity index (χ4v) is 11.7. The van der Waals surface area contributed by atoms with Crippen molar-refractivity contribution >= 4 is 85.1 Å². The minimum absolute atomic E-state index is 0.925. The molecule has 2 heterocycles. The number of anilines is 6. The maximum absolute atomic E-state index is 7.03. The zero-order chi connectivity index (χ0) is 34.8. The van der Waals surface area contributed by atoms with Gasteiger partial charge in [0.25, 0.3) is 0 Å². The molecule has 0 N–H and O–H groups in total. The van der Waals surface area contributed by atoms with Crippen LogP contribution < -0.4 is 20.2 Å². The van der Waals surface area contributed by atoms with Crippen molar-refractivity contribution in [2.75, 3.05) is 9.80 Å². The van der Waals surface area contributed by atoms with E-state index in [1.165, 1.54) is 42.9 Å². The Hall–Kier alpha value is -6.36. The van der Waals surface area contributed by atoms with Crippen molar-refractivity contribution in [1.29, 1.82) is 0 Å². The normalized spacial score (nSPS) is 13.0. The molecular weight excluding hydrogens is 649 g/mol. The highest BCUT2D eigenvalue weighted by atomic mass is 28.3. The lowest BCUT2D eigenvalue weighted by molar-refractivity contribution is 0.635. The van der Waals surface area contributed by atoms with Crippen molar-refractivity contribution in [3.63, 3.8) is 0 Å². The van der Waals surface area contributed by atoms with Crippen molar-refractivity contribution in [1.82, 2.24) is 0 Å². The number of nitrogens with zero attached hydrogens (tertiary/aromatic N) is 2. The number of rotatable bonds is 6. The Morgan fingerprint density at radius 1 is 0.423 bits per heavy atom. The quantitative estimate of drug-likeness (QED) is 0.163. The molecular formula is C48H36N2OSi. The molecule has 1 aromatic heterocycles. The van der Waals surface area contributed by atoms with E-state index in [0.29, 0.717) is 0 Å². The molecule has 0 amide bonds. The summed E-state index contributed by atoms with van der Waals surface area (Å²) in [5.74, 6) is 1.02. The zero-order valence-corrected chi connectivity index (χ0v) is 30.1. The molecule has 1 aliphatic rings. The second kappa shape index (κ2) is 11.9. The summed E-state index contributed by atoms with van der Waals surface area (Å²) in [4.78, 5) is 4.74. The van der Waals surface area contributed by atoms with Crippen molar-refractivity contribution in [3.05, 3.63) is 182 Å². The van der Waals surface area contributed by atoms with Gasteiger partial charge in [-0.1, -0.05) is 128 Å². The third kappa shape index (κ3) is 4.72. The predicted octanol–water partition coefficient (Wildman–Crippen LogP) is 12.5. The van der Waals surface area contributed by atoms with E-state index in [2.05, 4.69) is 205 Å². The molecule has 1 aliphatic heterocycles. The second-order valence-electron chi connectivity index (χ2n) is 14.2. The highest BCUT2D eigenvalue weighted by molar-refractivity contribution is 7.05. The molecule has 10 rings (SSSR count). The van der Waals surface area contributed by atoms with Crippen molar-refractivity contribution < 1.29 is 4.42 Å². The first-order chi connectivity index (χ1) is 25.6. The second-order valence-corrected chi connectivity index (χ2v) is 18.5. The van der Waals surface area contributed by atoms with E-state index < -0.39 is 8.07 Å². The van der Waals surface area contributed by atoms with E-state index in [-0.39, 0.29) is 0 Å². The Kier molecular flexibility index (Phi) is 6.95. The van der Waals surface area contributed by atoms with Crippen molar-refractivity contribution in [2.24, 2.45) is 0 Å². The van der Waals surface area contributed by atoms with Crippen LogP contribution in [0.4, 0.5) is 34.1 Å².